The Morgan fingerprint density at radius 2 is 2.39 bits per heavy atom. The van der Waals surface area contributed by atoms with Crippen molar-refractivity contribution in [3.05, 3.63) is 12.5 Å². The molecule has 96 valence electrons. The summed E-state index contributed by atoms with van der Waals surface area (Å²) < 4.78 is 7.41. The maximum Gasteiger partial charge on any atom is 0.163 e. The topological polar surface area (TPSA) is 56.1 Å². The van der Waals surface area contributed by atoms with Gasteiger partial charge in [-0.2, -0.15) is 5.10 Å². The van der Waals surface area contributed by atoms with Gasteiger partial charge in [-0.05, 0) is 0 Å². The highest BCUT2D eigenvalue weighted by molar-refractivity contribution is 9.09. The number of hydrogen-bond donors (Lipinski definition) is 0. The van der Waals surface area contributed by atoms with E-state index in [-0.39, 0.29) is 6.10 Å². The summed E-state index contributed by atoms with van der Waals surface area (Å²) in [5, 5.41) is 6.07. The van der Waals surface area contributed by atoms with Crippen molar-refractivity contribution < 1.29 is 4.74 Å². The Morgan fingerprint density at radius 1 is 1.50 bits per heavy atom. The standard InChI is InChI=1S/C11H14BrN5O/c1-16-10-9(5-15-16)11(14-7-13-10)17-2-3-18-8(4-12)6-17/h5,7-8H,2-4,6H2,1H3. The number of rotatable bonds is 2. The van der Waals surface area contributed by atoms with E-state index >= 15 is 0 Å². The van der Waals surface area contributed by atoms with Crippen LogP contribution in [0.5, 0.6) is 0 Å². The second-order valence-corrected chi connectivity index (χ2v) is 4.94. The molecule has 0 spiro atoms. The van der Waals surface area contributed by atoms with Crippen molar-refractivity contribution in [2.24, 2.45) is 7.05 Å². The van der Waals surface area contributed by atoms with Gasteiger partial charge in [-0.25, -0.2) is 9.97 Å². The molecule has 0 amide bonds. The van der Waals surface area contributed by atoms with Crippen molar-refractivity contribution in [2.75, 3.05) is 29.9 Å². The molecule has 0 bridgehead atoms. The van der Waals surface area contributed by atoms with Gasteiger partial charge in [0.2, 0.25) is 0 Å². The molecule has 0 radical (unpaired) electrons. The summed E-state index contributed by atoms with van der Waals surface area (Å²) in [6.45, 7) is 2.42. The van der Waals surface area contributed by atoms with E-state index in [0.717, 1.165) is 41.9 Å². The van der Waals surface area contributed by atoms with Gasteiger partial charge in [0.1, 0.15) is 12.1 Å². The molecule has 3 heterocycles. The third kappa shape index (κ3) is 1.97. The molecule has 1 fully saturated rings. The molecule has 18 heavy (non-hydrogen) atoms. The summed E-state index contributed by atoms with van der Waals surface area (Å²) in [4.78, 5) is 10.9. The van der Waals surface area contributed by atoms with Gasteiger partial charge < -0.3 is 9.64 Å². The van der Waals surface area contributed by atoms with Crippen molar-refractivity contribution in [3.63, 3.8) is 0 Å². The van der Waals surface area contributed by atoms with Gasteiger partial charge in [-0.3, -0.25) is 4.68 Å². The number of morpholine rings is 1. The second kappa shape index (κ2) is 4.81. The Hall–Kier alpha value is -1.21. The molecule has 1 atom stereocenters. The first-order valence-corrected chi connectivity index (χ1v) is 6.97. The third-order valence-corrected chi connectivity index (χ3v) is 3.84. The van der Waals surface area contributed by atoms with Gasteiger partial charge in [-0.1, -0.05) is 15.9 Å². The van der Waals surface area contributed by atoms with Crippen LogP contribution >= 0.6 is 15.9 Å². The first-order valence-electron chi connectivity index (χ1n) is 5.85. The van der Waals surface area contributed by atoms with Crippen LogP contribution in [0.1, 0.15) is 0 Å². The van der Waals surface area contributed by atoms with Crippen molar-refractivity contribution in [3.8, 4) is 0 Å². The molecule has 3 rings (SSSR count). The molecule has 0 aromatic carbocycles. The van der Waals surface area contributed by atoms with Crippen LogP contribution in [0.3, 0.4) is 0 Å². The Kier molecular flexibility index (Phi) is 3.17. The number of ether oxygens (including phenoxy) is 1. The van der Waals surface area contributed by atoms with E-state index in [1.54, 1.807) is 11.0 Å². The summed E-state index contributed by atoms with van der Waals surface area (Å²) in [7, 11) is 1.89. The lowest BCUT2D eigenvalue weighted by Crippen LogP contribution is -2.43. The summed E-state index contributed by atoms with van der Waals surface area (Å²) in [6.07, 6.45) is 3.63. The smallest absolute Gasteiger partial charge is 0.163 e. The van der Waals surface area contributed by atoms with Crippen molar-refractivity contribution in [1.29, 1.82) is 0 Å². The third-order valence-electron chi connectivity index (χ3n) is 3.12. The molecule has 2 aromatic heterocycles. The molecule has 0 N–H and O–H groups in total. The zero-order valence-corrected chi connectivity index (χ0v) is 11.7. The summed E-state index contributed by atoms with van der Waals surface area (Å²) >= 11 is 3.46. The Bertz CT molecular complexity index is 557. The predicted octanol–water partition coefficient (Wildman–Crippen LogP) is 0.963. The number of alkyl halides is 1. The molecule has 1 saturated heterocycles. The van der Waals surface area contributed by atoms with E-state index in [9.17, 15) is 0 Å². The molecule has 1 aliphatic heterocycles. The van der Waals surface area contributed by atoms with Gasteiger partial charge in [-0.15, -0.1) is 0 Å². The number of aromatic nitrogens is 4. The highest BCUT2D eigenvalue weighted by atomic mass is 79.9. The number of nitrogens with zero attached hydrogens (tertiary/aromatic N) is 5. The molecule has 0 aliphatic carbocycles. The molecule has 7 heteroatoms. The fraction of sp³-hybridized carbons (Fsp3) is 0.545. The van der Waals surface area contributed by atoms with Crippen LogP contribution in [0, 0.1) is 0 Å². The minimum Gasteiger partial charge on any atom is -0.374 e. The summed E-state index contributed by atoms with van der Waals surface area (Å²) in [5.41, 5.74) is 0.863. The minimum atomic E-state index is 0.209. The Balaban J connectivity index is 1.98. The minimum absolute atomic E-state index is 0.209. The normalized spacial score (nSPS) is 20.6. The zero-order chi connectivity index (χ0) is 12.5. The monoisotopic (exact) mass is 311 g/mol. The van der Waals surface area contributed by atoms with Crippen LogP contribution in [0.4, 0.5) is 5.82 Å². The largest absolute Gasteiger partial charge is 0.374 e. The van der Waals surface area contributed by atoms with Crippen LogP contribution < -0.4 is 4.90 Å². The quantitative estimate of drug-likeness (QED) is 0.773. The highest BCUT2D eigenvalue weighted by Crippen LogP contribution is 2.24. The number of halogens is 1. The van der Waals surface area contributed by atoms with Crippen molar-refractivity contribution in [1.82, 2.24) is 19.7 Å². The molecule has 1 aliphatic rings. The first-order chi connectivity index (χ1) is 8.79. The number of fused-ring (bicyclic) bond motifs is 1. The van der Waals surface area contributed by atoms with Gasteiger partial charge in [0, 0.05) is 25.5 Å². The van der Waals surface area contributed by atoms with E-state index in [1.807, 2.05) is 13.2 Å². The van der Waals surface area contributed by atoms with Gasteiger partial charge >= 0.3 is 0 Å². The maximum atomic E-state index is 5.64. The molecular formula is C11H14BrN5O. The van der Waals surface area contributed by atoms with Crippen LogP contribution in [0.25, 0.3) is 11.0 Å². The molecule has 2 aromatic rings. The van der Waals surface area contributed by atoms with E-state index in [1.165, 1.54) is 0 Å². The lowest BCUT2D eigenvalue weighted by atomic mass is 10.2. The second-order valence-electron chi connectivity index (χ2n) is 4.30. The van der Waals surface area contributed by atoms with Crippen molar-refractivity contribution in [2.45, 2.75) is 6.10 Å². The molecule has 6 nitrogen and oxygen atoms in total. The number of hydrogen-bond acceptors (Lipinski definition) is 5. The van der Waals surface area contributed by atoms with Crippen LogP contribution in [0.15, 0.2) is 12.5 Å². The predicted molar refractivity (Wildman–Crippen MR) is 72.1 cm³/mol. The summed E-state index contributed by atoms with van der Waals surface area (Å²) in [5.74, 6) is 0.947. The fourth-order valence-electron chi connectivity index (χ4n) is 2.21. The first kappa shape index (κ1) is 11.9. The fourth-order valence-corrected chi connectivity index (χ4v) is 2.60. The SMILES string of the molecule is Cn1ncc2c(N3CCOC(CBr)C3)ncnc21. The lowest BCUT2D eigenvalue weighted by molar-refractivity contribution is 0.0569. The van der Waals surface area contributed by atoms with Gasteiger partial charge in [0.05, 0.1) is 24.3 Å². The van der Waals surface area contributed by atoms with Gasteiger partial charge in [0.25, 0.3) is 0 Å². The van der Waals surface area contributed by atoms with E-state index in [0.29, 0.717) is 0 Å². The average Bonchev–Trinajstić information content (AvgIpc) is 2.81. The van der Waals surface area contributed by atoms with Crippen LogP contribution in [0.2, 0.25) is 0 Å². The highest BCUT2D eigenvalue weighted by Gasteiger charge is 2.22. The number of aryl methyl sites for hydroxylation is 1. The molecule has 1 unspecified atom stereocenters. The van der Waals surface area contributed by atoms with E-state index in [2.05, 4.69) is 35.9 Å². The van der Waals surface area contributed by atoms with Crippen molar-refractivity contribution >= 4 is 32.8 Å². The van der Waals surface area contributed by atoms with Crippen LogP contribution in [-0.4, -0.2) is 50.9 Å². The number of anilines is 1. The Morgan fingerprint density at radius 3 is 3.22 bits per heavy atom. The van der Waals surface area contributed by atoms with Gasteiger partial charge in [0.15, 0.2) is 5.65 Å². The van der Waals surface area contributed by atoms with E-state index in [4.69, 9.17) is 4.74 Å². The van der Waals surface area contributed by atoms with E-state index < -0.39 is 0 Å². The average molecular weight is 312 g/mol. The maximum absolute atomic E-state index is 5.64. The summed E-state index contributed by atoms with van der Waals surface area (Å²) in [6, 6.07) is 0. The molecular weight excluding hydrogens is 298 g/mol. The lowest BCUT2D eigenvalue weighted by Gasteiger charge is -2.33. The zero-order valence-electron chi connectivity index (χ0n) is 10.1. The molecule has 0 saturated carbocycles. The van der Waals surface area contributed by atoms with Crippen LogP contribution in [-0.2, 0) is 11.8 Å². The Labute approximate surface area is 113 Å².